The van der Waals surface area contributed by atoms with E-state index in [2.05, 4.69) is 28.2 Å². The molecule has 1 aromatic rings. The lowest BCUT2D eigenvalue weighted by atomic mass is 10.1. The van der Waals surface area contributed by atoms with Gasteiger partial charge in [-0.2, -0.15) is 0 Å². The van der Waals surface area contributed by atoms with Crippen molar-refractivity contribution in [2.45, 2.75) is 32.2 Å². The quantitative estimate of drug-likeness (QED) is 0.840. The number of nitrogens with two attached hydrogens (primary N) is 1. The van der Waals surface area contributed by atoms with Gasteiger partial charge in [0.15, 0.2) is 0 Å². The van der Waals surface area contributed by atoms with Crippen LogP contribution in [0.15, 0.2) is 22.7 Å². The number of hydrogen-bond donors (Lipinski definition) is 2. The molecule has 3 N–H and O–H groups in total. The van der Waals surface area contributed by atoms with Gasteiger partial charge in [0, 0.05) is 16.2 Å². The lowest BCUT2D eigenvalue weighted by Crippen LogP contribution is -2.33. The van der Waals surface area contributed by atoms with Crippen molar-refractivity contribution >= 4 is 27.5 Å². The van der Waals surface area contributed by atoms with Crippen LogP contribution < -0.4 is 11.1 Å². The average molecular weight is 297 g/mol. The summed E-state index contributed by atoms with van der Waals surface area (Å²) in [4.78, 5) is 12.0. The molecule has 0 heterocycles. The van der Waals surface area contributed by atoms with Crippen molar-refractivity contribution in [1.82, 2.24) is 5.32 Å². The van der Waals surface area contributed by atoms with Gasteiger partial charge in [-0.15, -0.1) is 0 Å². The van der Waals surface area contributed by atoms with E-state index in [1.54, 1.807) is 18.2 Å². The first-order valence-electron chi connectivity index (χ1n) is 5.92. The van der Waals surface area contributed by atoms with Crippen molar-refractivity contribution in [2.24, 2.45) is 5.92 Å². The molecule has 0 spiro atoms. The van der Waals surface area contributed by atoms with E-state index in [0.717, 1.165) is 16.8 Å². The smallest absolute Gasteiger partial charge is 0.252 e. The molecule has 0 radical (unpaired) electrons. The molecule has 0 aliphatic heterocycles. The molecule has 0 saturated heterocycles. The second-order valence-corrected chi connectivity index (χ2v) is 5.65. The molecule has 1 aliphatic rings. The molecule has 1 aliphatic carbocycles. The molecule has 0 bridgehead atoms. The summed E-state index contributed by atoms with van der Waals surface area (Å²) in [6.07, 6.45) is 3.69. The van der Waals surface area contributed by atoms with E-state index < -0.39 is 0 Å². The maximum Gasteiger partial charge on any atom is 0.252 e. The molecule has 92 valence electrons. The van der Waals surface area contributed by atoms with Gasteiger partial charge in [0.2, 0.25) is 0 Å². The normalized spacial score (nSPS) is 16.6. The zero-order valence-corrected chi connectivity index (χ0v) is 11.5. The van der Waals surface area contributed by atoms with Gasteiger partial charge in [0.25, 0.3) is 5.91 Å². The summed E-state index contributed by atoms with van der Waals surface area (Å²) in [5.74, 6) is 0.756. The molecule has 1 aromatic carbocycles. The Balaban J connectivity index is 2.00. The van der Waals surface area contributed by atoms with E-state index in [4.69, 9.17) is 5.73 Å². The summed E-state index contributed by atoms with van der Waals surface area (Å²) in [6.45, 7) is 2.05. The van der Waals surface area contributed by atoms with Crippen molar-refractivity contribution in [2.75, 3.05) is 5.73 Å². The van der Waals surface area contributed by atoms with Crippen molar-refractivity contribution in [3.8, 4) is 0 Å². The van der Waals surface area contributed by atoms with Crippen LogP contribution in [-0.2, 0) is 0 Å². The topological polar surface area (TPSA) is 55.1 Å². The van der Waals surface area contributed by atoms with Crippen LogP contribution in [0, 0.1) is 5.92 Å². The van der Waals surface area contributed by atoms with Crippen molar-refractivity contribution < 1.29 is 4.79 Å². The minimum atomic E-state index is -0.0580. The lowest BCUT2D eigenvalue weighted by Gasteiger charge is -2.14. The number of halogens is 1. The third-order valence-electron chi connectivity index (χ3n) is 3.00. The molecule has 1 amide bonds. The summed E-state index contributed by atoms with van der Waals surface area (Å²) in [6, 6.07) is 5.50. The minimum absolute atomic E-state index is 0.0580. The summed E-state index contributed by atoms with van der Waals surface area (Å²) in [7, 11) is 0. The molecule has 1 fully saturated rings. The molecule has 3 nitrogen and oxygen atoms in total. The number of carbonyl (C=O) groups is 1. The van der Waals surface area contributed by atoms with E-state index in [1.165, 1.54) is 12.8 Å². The highest BCUT2D eigenvalue weighted by Gasteiger charge is 2.24. The van der Waals surface area contributed by atoms with E-state index in [9.17, 15) is 4.79 Å². The van der Waals surface area contributed by atoms with Crippen molar-refractivity contribution in [3.63, 3.8) is 0 Å². The van der Waals surface area contributed by atoms with Gasteiger partial charge in [-0.25, -0.2) is 0 Å². The molecular weight excluding hydrogens is 280 g/mol. The zero-order valence-electron chi connectivity index (χ0n) is 9.87. The van der Waals surface area contributed by atoms with Crippen LogP contribution >= 0.6 is 15.9 Å². The molecule has 4 heteroatoms. The number of anilines is 1. The maximum absolute atomic E-state index is 12.0. The van der Waals surface area contributed by atoms with Crippen molar-refractivity contribution in [3.05, 3.63) is 28.2 Å². The van der Waals surface area contributed by atoms with Crippen molar-refractivity contribution in [1.29, 1.82) is 0 Å². The summed E-state index contributed by atoms with van der Waals surface area (Å²) < 4.78 is 0.780. The molecule has 2 rings (SSSR count). The first kappa shape index (κ1) is 12.4. The largest absolute Gasteiger partial charge is 0.399 e. The maximum atomic E-state index is 12.0. The Kier molecular flexibility index (Phi) is 3.72. The zero-order chi connectivity index (χ0) is 12.4. The van der Waals surface area contributed by atoms with Crippen LogP contribution in [0.2, 0.25) is 0 Å². The second kappa shape index (κ2) is 5.08. The average Bonchev–Trinajstić information content (AvgIpc) is 3.05. The van der Waals surface area contributed by atoms with Gasteiger partial charge >= 0.3 is 0 Å². The van der Waals surface area contributed by atoms with Gasteiger partial charge in [-0.1, -0.05) is 12.8 Å². The van der Waals surface area contributed by atoms with Gasteiger partial charge in [0.05, 0.1) is 5.56 Å². The van der Waals surface area contributed by atoms with E-state index in [0.29, 0.717) is 11.3 Å². The van der Waals surface area contributed by atoms with Gasteiger partial charge in [-0.3, -0.25) is 4.79 Å². The second-order valence-electron chi connectivity index (χ2n) is 4.79. The summed E-state index contributed by atoms with van der Waals surface area (Å²) >= 11 is 3.37. The Labute approximate surface area is 110 Å². The molecular formula is C13H17BrN2O. The van der Waals surface area contributed by atoms with Gasteiger partial charge in [-0.05, 0) is 53.4 Å². The Morgan fingerprint density at radius 1 is 1.59 bits per heavy atom. The first-order chi connectivity index (χ1) is 8.06. The Hall–Kier alpha value is -1.03. The number of hydrogen-bond acceptors (Lipinski definition) is 2. The number of amides is 1. The van der Waals surface area contributed by atoms with Crippen LogP contribution in [0.1, 0.15) is 36.5 Å². The minimum Gasteiger partial charge on any atom is -0.399 e. The predicted molar refractivity (Wildman–Crippen MR) is 72.8 cm³/mol. The SMILES string of the molecule is CC(CC1CC1)NC(=O)c1cc(N)ccc1Br. The summed E-state index contributed by atoms with van der Waals surface area (Å²) in [5, 5.41) is 3.01. The molecule has 1 saturated carbocycles. The van der Waals surface area contributed by atoms with Gasteiger partial charge < -0.3 is 11.1 Å². The molecule has 1 atom stereocenters. The first-order valence-corrected chi connectivity index (χ1v) is 6.71. The fraction of sp³-hybridized carbons (Fsp3) is 0.462. The summed E-state index contributed by atoms with van der Waals surface area (Å²) in [5.41, 5.74) is 6.90. The van der Waals surface area contributed by atoms with E-state index in [1.807, 2.05) is 0 Å². The lowest BCUT2D eigenvalue weighted by molar-refractivity contribution is 0.0936. The van der Waals surface area contributed by atoms with Crippen LogP contribution in [0.5, 0.6) is 0 Å². The highest BCUT2D eigenvalue weighted by Crippen LogP contribution is 2.33. The molecule has 1 unspecified atom stereocenters. The number of benzene rings is 1. The highest BCUT2D eigenvalue weighted by molar-refractivity contribution is 9.10. The third kappa shape index (κ3) is 3.46. The standard InChI is InChI=1S/C13H17BrN2O/c1-8(6-9-2-3-9)16-13(17)11-7-10(15)4-5-12(11)14/h4-5,7-9H,2-3,6,15H2,1H3,(H,16,17). The monoisotopic (exact) mass is 296 g/mol. The molecule has 0 aromatic heterocycles. The van der Waals surface area contributed by atoms with E-state index >= 15 is 0 Å². The fourth-order valence-corrected chi connectivity index (χ4v) is 2.36. The number of nitrogens with one attached hydrogen (secondary N) is 1. The fourth-order valence-electron chi connectivity index (χ4n) is 1.93. The van der Waals surface area contributed by atoms with Crippen LogP contribution in [0.3, 0.4) is 0 Å². The van der Waals surface area contributed by atoms with Crippen LogP contribution in [0.4, 0.5) is 5.69 Å². The predicted octanol–water partition coefficient (Wildman–Crippen LogP) is 2.95. The number of carbonyl (C=O) groups excluding carboxylic acids is 1. The Morgan fingerprint density at radius 3 is 2.94 bits per heavy atom. The highest BCUT2D eigenvalue weighted by atomic mass is 79.9. The number of rotatable bonds is 4. The Bertz CT molecular complexity index is 429. The Morgan fingerprint density at radius 2 is 2.29 bits per heavy atom. The van der Waals surface area contributed by atoms with Gasteiger partial charge in [0.1, 0.15) is 0 Å². The number of nitrogen functional groups attached to an aromatic ring is 1. The van der Waals surface area contributed by atoms with E-state index in [-0.39, 0.29) is 11.9 Å². The van der Waals surface area contributed by atoms with Crippen LogP contribution in [0.25, 0.3) is 0 Å². The van der Waals surface area contributed by atoms with Crippen LogP contribution in [-0.4, -0.2) is 11.9 Å². The third-order valence-corrected chi connectivity index (χ3v) is 3.69. The molecule has 17 heavy (non-hydrogen) atoms.